The van der Waals surface area contributed by atoms with Gasteiger partial charge in [0, 0.05) is 6.54 Å². The number of hydrogen-bond acceptors (Lipinski definition) is 5. The summed E-state index contributed by atoms with van der Waals surface area (Å²) in [6.45, 7) is 3.98. The molecule has 0 aliphatic carbocycles. The Labute approximate surface area is 106 Å². The van der Waals surface area contributed by atoms with Gasteiger partial charge in [-0.05, 0) is 13.3 Å². The van der Waals surface area contributed by atoms with Crippen LogP contribution in [-0.2, 0) is 16.6 Å². The third kappa shape index (κ3) is 2.03. The quantitative estimate of drug-likeness (QED) is 0.845. The smallest absolute Gasteiger partial charge is 0.347 e. The minimum atomic E-state index is -3.77. The van der Waals surface area contributed by atoms with Crippen molar-refractivity contribution < 1.29 is 8.42 Å². The third-order valence-corrected chi connectivity index (χ3v) is 3.98. The number of rotatable bonds is 3. The SMILES string of the molecule is CCCc1cnc2c(n1)C(N)=NS(=O)(=O)N2CC. The first kappa shape index (κ1) is 12.7. The molecule has 7 nitrogen and oxygen atoms in total. The van der Waals surface area contributed by atoms with E-state index in [0.717, 1.165) is 22.8 Å². The van der Waals surface area contributed by atoms with E-state index in [2.05, 4.69) is 14.4 Å². The predicted molar refractivity (Wildman–Crippen MR) is 68.7 cm³/mol. The Morgan fingerprint density at radius 3 is 2.72 bits per heavy atom. The van der Waals surface area contributed by atoms with Gasteiger partial charge in [0.1, 0.15) is 5.69 Å². The summed E-state index contributed by atoms with van der Waals surface area (Å²) in [6, 6.07) is 0. The summed E-state index contributed by atoms with van der Waals surface area (Å²) in [4.78, 5) is 8.48. The van der Waals surface area contributed by atoms with E-state index in [-0.39, 0.29) is 18.2 Å². The molecule has 0 unspecified atom stereocenters. The second-order valence-electron chi connectivity index (χ2n) is 3.90. The van der Waals surface area contributed by atoms with Gasteiger partial charge in [-0.2, -0.15) is 8.42 Å². The zero-order chi connectivity index (χ0) is 13.3. The van der Waals surface area contributed by atoms with Crippen LogP contribution in [0.2, 0.25) is 0 Å². The Hall–Kier alpha value is -1.70. The maximum absolute atomic E-state index is 11.8. The number of nitrogens with zero attached hydrogens (tertiary/aromatic N) is 4. The van der Waals surface area contributed by atoms with Gasteiger partial charge in [-0.1, -0.05) is 13.3 Å². The zero-order valence-corrected chi connectivity index (χ0v) is 11.1. The van der Waals surface area contributed by atoms with E-state index in [1.54, 1.807) is 13.1 Å². The highest BCUT2D eigenvalue weighted by molar-refractivity contribution is 7.91. The number of aryl methyl sites for hydroxylation is 1. The molecule has 98 valence electrons. The van der Waals surface area contributed by atoms with Gasteiger partial charge < -0.3 is 5.73 Å². The van der Waals surface area contributed by atoms with Crippen molar-refractivity contribution in [3.63, 3.8) is 0 Å². The summed E-state index contributed by atoms with van der Waals surface area (Å²) >= 11 is 0. The van der Waals surface area contributed by atoms with E-state index in [0.29, 0.717) is 5.69 Å². The fourth-order valence-corrected chi connectivity index (χ4v) is 2.90. The molecule has 2 N–H and O–H groups in total. The molecule has 18 heavy (non-hydrogen) atoms. The maximum Gasteiger partial charge on any atom is 0.347 e. The van der Waals surface area contributed by atoms with Crippen molar-refractivity contribution in [2.45, 2.75) is 26.7 Å². The van der Waals surface area contributed by atoms with Gasteiger partial charge in [-0.3, -0.25) is 0 Å². The van der Waals surface area contributed by atoms with E-state index >= 15 is 0 Å². The highest BCUT2D eigenvalue weighted by Gasteiger charge is 2.31. The minimum absolute atomic E-state index is 0.0971. The zero-order valence-electron chi connectivity index (χ0n) is 10.3. The standard InChI is InChI=1S/C10H15N5O2S/c1-3-5-7-6-12-10-8(13-7)9(11)14-18(16,17)15(10)4-2/h6H,3-5H2,1-2H3,(H2,11,14). The van der Waals surface area contributed by atoms with Crippen LogP contribution in [0.4, 0.5) is 5.82 Å². The maximum atomic E-state index is 11.8. The molecule has 0 spiro atoms. The third-order valence-electron chi connectivity index (χ3n) is 2.57. The first-order valence-corrected chi connectivity index (χ1v) is 7.13. The summed E-state index contributed by atoms with van der Waals surface area (Å²) in [5.74, 6) is 0.157. The Bertz CT molecular complexity index is 596. The summed E-state index contributed by atoms with van der Waals surface area (Å²) in [5.41, 5.74) is 6.77. The van der Waals surface area contributed by atoms with E-state index in [4.69, 9.17) is 5.73 Å². The molecule has 0 amide bonds. The van der Waals surface area contributed by atoms with Crippen LogP contribution in [0.5, 0.6) is 0 Å². The fourth-order valence-electron chi connectivity index (χ4n) is 1.79. The van der Waals surface area contributed by atoms with Crippen LogP contribution in [0.1, 0.15) is 31.7 Å². The molecule has 1 aliphatic rings. The molecule has 0 saturated carbocycles. The van der Waals surface area contributed by atoms with Crippen molar-refractivity contribution in [2.24, 2.45) is 10.1 Å². The van der Waals surface area contributed by atoms with Crippen LogP contribution < -0.4 is 10.0 Å². The Kier molecular flexibility index (Phi) is 3.20. The average Bonchev–Trinajstić information content (AvgIpc) is 2.29. The molecule has 0 fully saturated rings. The number of nitrogens with two attached hydrogens (primary N) is 1. The normalized spacial score (nSPS) is 17.2. The first-order chi connectivity index (χ1) is 8.49. The van der Waals surface area contributed by atoms with E-state index in [9.17, 15) is 8.42 Å². The summed E-state index contributed by atoms with van der Waals surface area (Å²) < 4.78 is 28.2. The minimum Gasteiger partial charge on any atom is -0.381 e. The van der Waals surface area contributed by atoms with Crippen LogP contribution in [-0.4, -0.2) is 30.8 Å². The number of anilines is 1. The summed E-state index contributed by atoms with van der Waals surface area (Å²) in [7, 11) is -3.77. The van der Waals surface area contributed by atoms with Crippen molar-refractivity contribution in [3.8, 4) is 0 Å². The van der Waals surface area contributed by atoms with Crippen LogP contribution in [0.15, 0.2) is 10.6 Å². The lowest BCUT2D eigenvalue weighted by Gasteiger charge is -2.24. The highest BCUT2D eigenvalue weighted by atomic mass is 32.2. The molecule has 0 bridgehead atoms. The molecular formula is C10H15N5O2S. The number of amidine groups is 1. The van der Waals surface area contributed by atoms with Gasteiger partial charge >= 0.3 is 10.2 Å². The van der Waals surface area contributed by atoms with Crippen LogP contribution >= 0.6 is 0 Å². The second kappa shape index (κ2) is 4.52. The van der Waals surface area contributed by atoms with Crippen LogP contribution in [0.3, 0.4) is 0 Å². The van der Waals surface area contributed by atoms with Gasteiger partial charge in [0.2, 0.25) is 0 Å². The summed E-state index contributed by atoms with van der Waals surface area (Å²) in [6.07, 6.45) is 3.28. The Balaban J connectivity index is 2.58. The fraction of sp³-hybridized carbons (Fsp3) is 0.500. The van der Waals surface area contributed by atoms with Crippen molar-refractivity contribution in [2.75, 3.05) is 10.8 Å². The highest BCUT2D eigenvalue weighted by Crippen LogP contribution is 2.24. The molecule has 1 aromatic rings. The number of aromatic nitrogens is 2. The molecule has 2 rings (SSSR count). The first-order valence-electron chi connectivity index (χ1n) is 5.74. The topological polar surface area (TPSA) is 102 Å². The lowest BCUT2D eigenvalue weighted by Crippen LogP contribution is -2.38. The van der Waals surface area contributed by atoms with E-state index in [1.165, 1.54) is 0 Å². The molecule has 0 aromatic carbocycles. The Morgan fingerprint density at radius 2 is 2.11 bits per heavy atom. The second-order valence-corrected chi connectivity index (χ2v) is 5.42. The molecule has 0 radical (unpaired) electrons. The summed E-state index contributed by atoms with van der Waals surface area (Å²) in [5, 5.41) is 0. The molecule has 0 saturated heterocycles. The van der Waals surface area contributed by atoms with Crippen molar-refractivity contribution in [1.29, 1.82) is 0 Å². The lowest BCUT2D eigenvalue weighted by atomic mass is 10.2. The average molecular weight is 269 g/mol. The number of fused-ring (bicyclic) bond motifs is 1. The van der Waals surface area contributed by atoms with Crippen LogP contribution in [0.25, 0.3) is 0 Å². The van der Waals surface area contributed by atoms with Crippen molar-refractivity contribution in [1.82, 2.24) is 9.97 Å². The molecular weight excluding hydrogens is 254 g/mol. The van der Waals surface area contributed by atoms with Crippen molar-refractivity contribution >= 4 is 21.9 Å². The molecule has 2 heterocycles. The molecule has 8 heteroatoms. The van der Waals surface area contributed by atoms with Gasteiger partial charge in [-0.25, -0.2) is 14.3 Å². The molecule has 0 atom stereocenters. The molecule has 1 aromatic heterocycles. The molecule has 1 aliphatic heterocycles. The van der Waals surface area contributed by atoms with Crippen LogP contribution in [0, 0.1) is 0 Å². The number of hydrogen-bond donors (Lipinski definition) is 1. The lowest BCUT2D eigenvalue weighted by molar-refractivity contribution is 0.592. The van der Waals surface area contributed by atoms with Gasteiger partial charge in [0.05, 0.1) is 11.9 Å². The van der Waals surface area contributed by atoms with Gasteiger partial charge in [0.15, 0.2) is 11.7 Å². The predicted octanol–water partition coefficient (Wildman–Crippen LogP) is 0.219. The van der Waals surface area contributed by atoms with Gasteiger partial charge in [-0.15, -0.1) is 4.40 Å². The van der Waals surface area contributed by atoms with E-state index < -0.39 is 10.2 Å². The van der Waals surface area contributed by atoms with Crippen molar-refractivity contribution in [3.05, 3.63) is 17.6 Å². The monoisotopic (exact) mass is 269 g/mol. The van der Waals surface area contributed by atoms with Gasteiger partial charge in [0.25, 0.3) is 0 Å². The largest absolute Gasteiger partial charge is 0.381 e. The van der Waals surface area contributed by atoms with E-state index in [1.807, 2.05) is 6.92 Å². The Morgan fingerprint density at radius 1 is 1.39 bits per heavy atom.